The maximum absolute atomic E-state index is 14.6. The van der Waals surface area contributed by atoms with E-state index in [1.807, 2.05) is 0 Å². The van der Waals surface area contributed by atoms with Crippen molar-refractivity contribution in [3.63, 3.8) is 0 Å². The van der Waals surface area contributed by atoms with Crippen LogP contribution in [0.4, 0.5) is 10.1 Å². The molecule has 0 saturated carbocycles. The third-order valence-electron chi connectivity index (χ3n) is 3.22. The molecule has 112 valence electrons. The van der Waals surface area contributed by atoms with Crippen molar-refractivity contribution in [3.05, 3.63) is 29.6 Å². The lowest BCUT2D eigenvalue weighted by atomic mass is 10.0. The van der Waals surface area contributed by atoms with Gasteiger partial charge in [-0.05, 0) is 17.7 Å². The SMILES string of the molecule is O=C1CN(c2c(O)ccc(C3=CCOC3)c2F)S(=O)(=O)N1. The first-order valence-electron chi connectivity index (χ1n) is 6.02. The van der Waals surface area contributed by atoms with Gasteiger partial charge in [-0.3, -0.25) is 4.79 Å². The van der Waals surface area contributed by atoms with Gasteiger partial charge in [0.2, 0.25) is 0 Å². The van der Waals surface area contributed by atoms with Crippen molar-refractivity contribution in [2.75, 3.05) is 24.1 Å². The van der Waals surface area contributed by atoms with E-state index in [4.69, 9.17) is 4.74 Å². The number of nitrogens with zero attached hydrogens (tertiary/aromatic N) is 1. The Hall–Kier alpha value is -2.13. The molecule has 2 heterocycles. The second kappa shape index (κ2) is 4.71. The number of phenolic OH excluding ortho intramolecular Hbond substituents is 1. The Bertz CT molecular complexity index is 759. The summed E-state index contributed by atoms with van der Waals surface area (Å²) < 4.78 is 45.5. The minimum absolute atomic E-state index is 0.134. The molecule has 9 heteroatoms. The normalized spacial score (nSPS) is 20.5. The van der Waals surface area contributed by atoms with Crippen molar-refractivity contribution in [1.29, 1.82) is 0 Å². The number of halogens is 1. The molecule has 2 aliphatic heterocycles. The van der Waals surface area contributed by atoms with E-state index >= 15 is 0 Å². The Kier molecular flexibility index (Phi) is 3.10. The van der Waals surface area contributed by atoms with Gasteiger partial charge in [-0.15, -0.1) is 0 Å². The van der Waals surface area contributed by atoms with E-state index in [0.717, 1.165) is 0 Å². The number of ether oxygens (including phenoxy) is 1. The van der Waals surface area contributed by atoms with E-state index in [1.54, 1.807) is 10.8 Å². The quantitative estimate of drug-likeness (QED) is 0.809. The average molecular weight is 314 g/mol. The molecule has 1 aromatic rings. The van der Waals surface area contributed by atoms with Gasteiger partial charge in [-0.25, -0.2) is 13.4 Å². The molecule has 3 rings (SSSR count). The fourth-order valence-electron chi connectivity index (χ4n) is 2.26. The molecule has 2 N–H and O–H groups in total. The summed E-state index contributed by atoms with van der Waals surface area (Å²) >= 11 is 0. The summed E-state index contributed by atoms with van der Waals surface area (Å²) in [5.74, 6) is -2.26. The Morgan fingerprint density at radius 2 is 2.14 bits per heavy atom. The second-order valence-electron chi connectivity index (χ2n) is 4.58. The van der Waals surface area contributed by atoms with Crippen LogP contribution < -0.4 is 9.03 Å². The van der Waals surface area contributed by atoms with Gasteiger partial charge in [0, 0.05) is 5.56 Å². The predicted octanol–water partition coefficient (Wildman–Crippen LogP) is 0.126. The van der Waals surface area contributed by atoms with Crippen LogP contribution in [-0.4, -0.2) is 39.2 Å². The summed E-state index contributed by atoms with van der Waals surface area (Å²) in [6, 6.07) is 2.53. The minimum atomic E-state index is -4.19. The Balaban J connectivity index is 2.14. The van der Waals surface area contributed by atoms with Crippen LogP contribution in [0.5, 0.6) is 5.75 Å². The molecule has 0 spiro atoms. The first kappa shape index (κ1) is 13.8. The highest BCUT2D eigenvalue weighted by Gasteiger charge is 2.38. The van der Waals surface area contributed by atoms with Gasteiger partial charge in [0.15, 0.2) is 5.82 Å². The zero-order chi connectivity index (χ0) is 15.2. The number of phenols is 1. The highest BCUT2D eigenvalue weighted by molar-refractivity contribution is 7.92. The lowest BCUT2D eigenvalue weighted by Gasteiger charge is -2.18. The molecule has 0 unspecified atom stereocenters. The van der Waals surface area contributed by atoms with Crippen LogP contribution in [0.15, 0.2) is 18.2 Å². The smallest absolute Gasteiger partial charge is 0.326 e. The molecule has 2 aliphatic rings. The van der Waals surface area contributed by atoms with E-state index in [1.165, 1.54) is 12.1 Å². The number of hydrogen-bond acceptors (Lipinski definition) is 5. The van der Waals surface area contributed by atoms with Crippen LogP contribution >= 0.6 is 0 Å². The van der Waals surface area contributed by atoms with Gasteiger partial charge >= 0.3 is 10.2 Å². The van der Waals surface area contributed by atoms with Crippen LogP contribution in [0.2, 0.25) is 0 Å². The van der Waals surface area contributed by atoms with Crippen molar-refractivity contribution < 1.29 is 27.4 Å². The number of nitrogens with one attached hydrogen (secondary N) is 1. The number of rotatable bonds is 2. The fraction of sp³-hybridized carbons (Fsp3) is 0.250. The summed E-state index contributed by atoms with van der Waals surface area (Å²) in [6.07, 6.45) is 1.67. The Labute approximate surface area is 119 Å². The van der Waals surface area contributed by atoms with Crippen molar-refractivity contribution in [1.82, 2.24) is 4.72 Å². The Morgan fingerprint density at radius 3 is 2.71 bits per heavy atom. The van der Waals surface area contributed by atoms with Crippen LogP contribution in [-0.2, 0) is 19.7 Å². The lowest BCUT2D eigenvalue weighted by molar-refractivity contribution is -0.117. The summed E-state index contributed by atoms with van der Waals surface area (Å²) in [7, 11) is -4.19. The minimum Gasteiger partial charge on any atom is -0.506 e. The molecule has 1 saturated heterocycles. The van der Waals surface area contributed by atoms with Gasteiger partial charge in [-0.2, -0.15) is 8.42 Å². The molecule has 7 nitrogen and oxygen atoms in total. The number of aromatic hydroxyl groups is 1. The van der Waals surface area contributed by atoms with Crippen LogP contribution in [0.25, 0.3) is 5.57 Å². The molecule has 1 aromatic carbocycles. The van der Waals surface area contributed by atoms with Crippen LogP contribution in [0, 0.1) is 5.82 Å². The molecule has 0 atom stereocenters. The summed E-state index contributed by atoms with van der Waals surface area (Å²) in [5, 5.41) is 9.80. The van der Waals surface area contributed by atoms with E-state index in [-0.39, 0.29) is 12.2 Å². The highest BCUT2D eigenvalue weighted by atomic mass is 32.2. The van der Waals surface area contributed by atoms with E-state index in [2.05, 4.69) is 0 Å². The number of carbonyl (C=O) groups is 1. The molecule has 0 radical (unpaired) electrons. The molecule has 0 aromatic heterocycles. The van der Waals surface area contributed by atoms with E-state index in [9.17, 15) is 22.7 Å². The molecular formula is C12H11FN2O5S. The van der Waals surface area contributed by atoms with E-state index in [0.29, 0.717) is 16.5 Å². The van der Waals surface area contributed by atoms with Crippen molar-refractivity contribution in [2.45, 2.75) is 0 Å². The average Bonchev–Trinajstić information content (AvgIpc) is 2.98. The zero-order valence-corrected chi connectivity index (χ0v) is 11.5. The van der Waals surface area contributed by atoms with Crippen LogP contribution in [0.3, 0.4) is 0 Å². The van der Waals surface area contributed by atoms with Crippen molar-refractivity contribution >= 4 is 27.4 Å². The maximum Gasteiger partial charge on any atom is 0.326 e. The number of anilines is 1. The summed E-state index contributed by atoms with van der Waals surface area (Å²) in [4.78, 5) is 11.2. The molecule has 1 fully saturated rings. The van der Waals surface area contributed by atoms with Gasteiger partial charge in [0.05, 0.1) is 13.2 Å². The third-order valence-corrected chi connectivity index (χ3v) is 4.59. The monoisotopic (exact) mass is 314 g/mol. The van der Waals surface area contributed by atoms with Crippen molar-refractivity contribution in [3.8, 4) is 5.75 Å². The topological polar surface area (TPSA) is 95.9 Å². The third kappa shape index (κ3) is 2.24. The second-order valence-corrected chi connectivity index (χ2v) is 6.17. The number of carbonyl (C=O) groups excluding carboxylic acids is 1. The van der Waals surface area contributed by atoms with Gasteiger partial charge in [0.25, 0.3) is 5.91 Å². The number of amides is 1. The summed E-state index contributed by atoms with van der Waals surface area (Å²) in [6.45, 7) is -0.0378. The van der Waals surface area contributed by atoms with Crippen LogP contribution in [0.1, 0.15) is 5.56 Å². The van der Waals surface area contributed by atoms with Gasteiger partial charge < -0.3 is 9.84 Å². The molecule has 0 bridgehead atoms. The molecular weight excluding hydrogens is 303 g/mol. The predicted molar refractivity (Wildman–Crippen MR) is 71.3 cm³/mol. The molecule has 1 amide bonds. The molecule has 21 heavy (non-hydrogen) atoms. The number of hydrogen-bond donors (Lipinski definition) is 2. The fourth-order valence-corrected chi connectivity index (χ4v) is 3.42. The van der Waals surface area contributed by atoms with Crippen molar-refractivity contribution in [2.24, 2.45) is 0 Å². The first-order valence-corrected chi connectivity index (χ1v) is 7.46. The maximum atomic E-state index is 14.6. The largest absolute Gasteiger partial charge is 0.506 e. The zero-order valence-electron chi connectivity index (χ0n) is 10.7. The highest BCUT2D eigenvalue weighted by Crippen LogP contribution is 2.37. The standard InChI is InChI=1S/C12H11FN2O5S/c13-11-8(7-3-4-20-6-7)1-2-9(16)12(11)15-5-10(17)14-21(15,18)19/h1-3,16H,4-6H2,(H,14,17). The summed E-state index contributed by atoms with van der Waals surface area (Å²) in [5.41, 5.74) is 0.151. The van der Waals surface area contributed by atoms with E-state index < -0.39 is 39.9 Å². The van der Waals surface area contributed by atoms with Gasteiger partial charge in [-0.1, -0.05) is 6.08 Å². The van der Waals surface area contributed by atoms with Gasteiger partial charge in [0.1, 0.15) is 18.0 Å². The molecule has 0 aliphatic carbocycles. The number of benzene rings is 1. The lowest BCUT2D eigenvalue weighted by Crippen LogP contribution is -2.30. The Morgan fingerprint density at radius 1 is 1.38 bits per heavy atom. The first-order chi connectivity index (χ1) is 9.90.